The molecule has 0 saturated heterocycles. The summed E-state index contributed by atoms with van der Waals surface area (Å²) in [4.78, 5) is 3.92. The molecular formula is C12H9F3N2O. The molecule has 0 bridgehead atoms. The van der Waals surface area contributed by atoms with Crippen LogP contribution in [0.2, 0.25) is 0 Å². The average Bonchev–Trinajstić information content (AvgIpc) is 2.28. The van der Waals surface area contributed by atoms with Crippen LogP contribution in [0.15, 0.2) is 42.7 Å². The van der Waals surface area contributed by atoms with Crippen molar-refractivity contribution in [2.45, 2.75) is 6.36 Å². The van der Waals surface area contributed by atoms with E-state index in [0.717, 1.165) is 11.6 Å². The van der Waals surface area contributed by atoms with Crippen LogP contribution in [0.25, 0.3) is 11.1 Å². The number of hydrogen-bond donors (Lipinski definition) is 1. The Hall–Kier alpha value is -2.24. The van der Waals surface area contributed by atoms with Gasteiger partial charge in [0.15, 0.2) is 0 Å². The van der Waals surface area contributed by atoms with Crippen molar-refractivity contribution in [3.63, 3.8) is 0 Å². The van der Waals surface area contributed by atoms with Crippen LogP contribution >= 0.6 is 0 Å². The van der Waals surface area contributed by atoms with E-state index in [1.807, 2.05) is 0 Å². The van der Waals surface area contributed by atoms with E-state index in [2.05, 4.69) is 9.72 Å². The molecule has 0 aliphatic carbocycles. The second kappa shape index (κ2) is 4.56. The molecule has 0 radical (unpaired) electrons. The zero-order chi connectivity index (χ0) is 13.2. The molecule has 0 atom stereocenters. The lowest BCUT2D eigenvalue weighted by Gasteiger charge is -2.11. The third-order valence-electron chi connectivity index (χ3n) is 2.23. The van der Waals surface area contributed by atoms with E-state index in [1.165, 1.54) is 12.1 Å². The summed E-state index contributed by atoms with van der Waals surface area (Å²) in [5.41, 5.74) is 7.24. The number of hydrogen-bond acceptors (Lipinski definition) is 3. The van der Waals surface area contributed by atoms with Gasteiger partial charge in [-0.2, -0.15) is 0 Å². The highest BCUT2D eigenvalue weighted by molar-refractivity contribution is 5.76. The number of nitrogen functional groups attached to an aromatic ring is 1. The predicted octanol–water partition coefficient (Wildman–Crippen LogP) is 3.23. The van der Waals surface area contributed by atoms with Crippen molar-refractivity contribution >= 4 is 5.69 Å². The highest BCUT2D eigenvalue weighted by Gasteiger charge is 2.31. The van der Waals surface area contributed by atoms with Gasteiger partial charge < -0.3 is 10.5 Å². The molecule has 0 spiro atoms. The molecule has 1 heterocycles. The summed E-state index contributed by atoms with van der Waals surface area (Å²) in [6, 6.07) is 7.30. The van der Waals surface area contributed by atoms with E-state index >= 15 is 0 Å². The molecule has 18 heavy (non-hydrogen) atoms. The fourth-order valence-corrected chi connectivity index (χ4v) is 1.52. The predicted molar refractivity (Wildman–Crippen MR) is 60.8 cm³/mol. The average molecular weight is 254 g/mol. The number of rotatable bonds is 2. The molecule has 0 unspecified atom stereocenters. The summed E-state index contributed by atoms with van der Waals surface area (Å²) in [5, 5.41) is 0. The van der Waals surface area contributed by atoms with E-state index in [4.69, 9.17) is 5.73 Å². The Labute approximate surface area is 101 Å². The first-order valence-corrected chi connectivity index (χ1v) is 5.01. The summed E-state index contributed by atoms with van der Waals surface area (Å²) in [6.07, 6.45) is -1.54. The molecule has 0 aliphatic rings. The van der Waals surface area contributed by atoms with Crippen LogP contribution in [0.3, 0.4) is 0 Å². The Balaban J connectivity index is 2.32. The molecule has 2 N–H and O–H groups in total. The molecule has 2 rings (SSSR count). The fourth-order valence-electron chi connectivity index (χ4n) is 1.52. The molecule has 1 aromatic carbocycles. The molecule has 0 amide bonds. The number of pyridine rings is 1. The maximum absolute atomic E-state index is 12.0. The van der Waals surface area contributed by atoms with E-state index in [1.54, 1.807) is 24.5 Å². The van der Waals surface area contributed by atoms with Gasteiger partial charge in [-0.3, -0.25) is 4.98 Å². The van der Waals surface area contributed by atoms with Crippen LogP contribution in [0.1, 0.15) is 0 Å². The SMILES string of the molecule is Nc1cc(OC(F)(F)F)ccc1-c1cccnc1. The van der Waals surface area contributed by atoms with Crippen molar-refractivity contribution in [2.24, 2.45) is 0 Å². The number of anilines is 1. The minimum Gasteiger partial charge on any atom is -0.406 e. The number of nitrogens with two attached hydrogens (primary N) is 1. The van der Waals surface area contributed by atoms with Gasteiger partial charge in [-0.05, 0) is 18.2 Å². The Morgan fingerprint density at radius 1 is 1.17 bits per heavy atom. The number of benzene rings is 1. The third-order valence-corrected chi connectivity index (χ3v) is 2.23. The molecule has 3 nitrogen and oxygen atoms in total. The van der Waals surface area contributed by atoms with E-state index in [0.29, 0.717) is 5.56 Å². The van der Waals surface area contributed by atoms with Gasteiger partial charge in [0.25, 0.3) is 0 Å². The van der Waals surface area contributed by atoms with Gasteiger partial charge in [-0.15, -0.1) is 13.2 Å². The van der Waals surface area contributed by atoms with Crippen LogP contribution in [-0.4, -0.2) is 11.3 Å². The normalized spacial score (nSPS) is 11.3. The van der Waals surface area contributed by atoms with E-state index in [9.17, 15) is 13.2 Å². The number of aromatic nitrogens is 1. The first-order chi connectivity index (χ1) is 8.46. The molecule has 94 valence electrons. The number of halogens is 3. The van der Waals surface area contributed by atoms with Gasteiger partial charge >= 0.3 is 6.36 Å². The largest absolute Gasteiger partial charge is 0.573 e. The number of ether oxygens (including phenoxy) is 1. The highest BCUT2D eigenvalue weighted by Crippen LogP contribution is 2.31. The Morgan fingerprint density at radius 3 is 2.50 bits per heavy atom. The van der Waals surface area contributed by atoms with Crippen molar-refractivity contribution in [1.29, 1.82) is 0 Å². The van der Waals surface area contributed by atoms with Crippen molar-refractivity contribution < 1.29 is 17.9 Å². The highest BCUT2D eigenvalue weighted by atomic mass is 19.4. The summed E-state index contributed by atoms with van der Waals surface area (Å²) < 4.78 is 39.8. The Kier molecular flexibility index (Phi) is 3.10. The maximum Gasteiger partial charge on any atom is 0.573 e. The summed E-state index contributed by atoms with van der Waals surface area (Å²) >= 11 is 0. The number of nitrogens with zero attached hydrogens (tertiary/aromatic N) is 1. The molecular weight excluding hydrogens is 245 g/mol. The Morgan fingerprint density at radius 2 is 1.94 bits per heavy atom. The molecule has 0 saturated carbocycles. The van der Waals surface area contributed by atoms with Crippen LogP contribution in [0, 0.1) is 0 Å². The number of alkyl halides is 3. The fraction of sp³-hybridized carbons (Fsp3) is 0.0833. The standard InChI is InChI=1S/C12H9F3N2O/c13-12(14,15)18-9-3-4-10(11(16)6-9)8-2-1-5-17-7-8/h1-7H,16H2. The molecule has 0 aliphatic heterocycles. The summed E-state index contributed by atoms with van der Waals surface area (Å²) in [6.45, 7) is 0. The lowest BCUT2D eigenvalue weighted by molar-refractivity contribution is -0.274. The van der Waals surface area contributed by atoms with Crippen molar-refractivity contribution in [2.75, 3.05) is 5.73 Å². The quantitative estimate of drug-likeness (QED) is 0.837. The van der Waals surface area contributed by atoms with Crippen molar-refractivity contribution in [3.8, 4) is 16.9 Å². The van der Waals surface area contributed by atoms with Crippen LogP contribution < -0.4 is 10.5 Å². The zero-order valence-corrected chi connectivity index (χ0v) is 9.11. The topological polar surface area (TPSA) is 48.1 Å². The second-order valence-electron chi connectivity index (χ2n) is 3.54. The van der Waals surface area contributed by atoms with Gasteiger partial charge in [0.1, 0.15) is 5.75 Å². The van der Waals surface area contributed by atoms with Gasteiger partial charge in [0.2, 0.25) is 0 Å². The maximum atomic E-state index is 12.0. The van der Waals surface area contributed by atoms with Crippen molar-refractivity contribution in [3.05, 3.63) is 42.7 Å². The van der Waals surface area contributed by atoms with E-state index < -0.39 is 6.36 Å². The minimum atomic E-state index is -4.72. The molecule has 2 aromatic rings. The third kappa shape index (κ3) is 2.91. The van der Waals surface area contributed by atoms with Crippen LogP contribution in [0.4, 0.5) is 18.9 Å². The van der Waals surface area contributed by atoms with E-state index in [-0.39, 0.29) is 11.4 Å². The Bertz CT molecular complexity index is 541. The van der Waals surface area contributed by atoms with Gasteiger partial charge in [0.05, 0.1) is 0 Å². The summed E-state index contributed by atoms with van der Waals surface area (Å²) in [5.74, 6) is -0.340. The van der Waals surface area contributed by atoms with Crippen LogP contribution in [0.5, 0.6) is 5.75 Å². The second-order valence-corrected chi connectivity index (χ2v) is 3.54. The van der Waals surface area contributed by atoms with Gasteiger partial charge in [-0.1, -0.05) is 6.07 Å². The van der Waals surface area contributed by atoms with Crippen LogP contribution in [-0.2, 0) is 0 Å². The minimum absolute atomic E-state index is 0.199. The first-order valence-electron chi connectivity index (χ1n) is 5.01. The first kappa shape index (κ1) is 12.2. The molecule has 6 heteroatoms. The molecule has 1 aromatic heterocycles. The summed E-state index contributed by atoms with van der Waals surface area (Å²) in [7, 11) is 0. The van der Waals surface area contributed by atoms with Gasteiger partial charge in [0, 0.05) is 35.3 Å². The zero-order valence-electron chi connectivity index (χ0n) is 9.11. The monoisotopic (exact) mass is 254 g/mol. The van der Waals surface area contributed by atoms with Crippen molar-refractivity contribution in [1.82, 2.24) is 4.98 Å². The smallest absolute Gasteiger partial charge is 0.406 e. The van der Waals surface area contributed by atoms with Gasteiger partial charge in [-0.25, -0.2) is 0 Å². The molecule has 0 fully saturated rings. The lowest BCUT2D eigenvalue weighted by atomic mass is 10.1. The lowest BCUT2D eigenvalue weighted by Crippen LogP contribution is -2.17.